The van der Waals surface area contributed by atoms with Crippen LogP contribution in [0.25, 0.3) is 0 Å². The van der Waals surface area contributed by atoms with E-state index in [4.69, 9.17) is 36.2 Å². The lowest BCUT2D eigenvalue weighted by molar-refractivity contribution is -0.135. The number of para-hydroxylation sites is 4. The SMILES string of the molecule is CC.CC(=O)C1(c2ccccc2)CC1.CCOC(=O)C(=N)N.CCOC(=O)c1ncc(C2(c3ccccc3)CC2)[nH]1.CN1C(=O)[C@@H](N)COc2ccccc21.CN1C(=O)[C@@H](NC(=O)c2ncc(C3(c4ccccc4)CC3)[nH]2)COc2ccccc21.O=C(CBr)C1(c2ccccc2)CC1.O=C(O)c1ncc(C2(c3ccccc3)CC2)[nH]1. The first-order valence-electron chi connectivity index (χ1n) is 38.5. The summed E-state index contributed by atoms with van der Waals surface area (Å²) in [6.07, 6.45) is 15.5. The van der Waals surface area contributed by atoms with Crippen molar-refractivity contribution in [3.63, 3.8) is 0 Å². The number of aromatic carboxylic acids is 1. The molecule has 10 aromatic rings. The first-order chi connectivity index (χ1) is 55.5. The molecule has 0 radical (unpaired) electrons. The Hall–Kier alpha value is -12.2. The standard InChI is InChI=1S/C23H22N4O3.C15H16N2O2.C13H12N2O2.C11H11BrO.C11H12O.C10H12N2O2.C4H8N2O2.C2H6/c1-27-17-9-5-6-10-18(17)30-14-16(22(27)29)25-21(28)20-24-13-19(26-20)23(11-12-23)15-7-3-2-4-8-15;1-2-19-14(18)13-16-10-12(17-13)15(8-9-15)11-6-4-3-5-7-11;16-12(17)11-14-8-10(15-11)13(6-7-13)9-4-2-1-3-5-9;12-8-10(13)11(6-7-11)9-4-2-1-3-5-9;1-9(12)11(7-8-11)10-5-3-2-4-6-10;1-12-8-4-2-3-5-9(8)14-6-7(11)10(12)13;1-2-8-4(7)3(5)6;1-2/h2-10,13,16H,11-12,14H2,1H3,(H,24,26)(H,25,28);3-7,10H,2,8-9H2,1H3,(H,16,17);1-5,8H,6-7H2,(H,14,15)(H,16,17);1-5H,6-8H2;2-6H,7-8H2,1H3;2-5,7H,6,11H2,1H3;2H2,1H3,(H3,5,6);1-2H3/t16-;;;;;7-;;/m0....0../s1. The van der Waals surface area contributed by atoms with Crippen molar-refractivity contribution >= 4 is 80.3 Å². The number of likely N-dealkylation sites (N-methyl/N-ethyl adjacent to an activating group) is 2. The number of aromatic amines is 3. The zero-order valence-corrected chi connectivity index (χ0v) is 67.2. The van der Waals surface area contributed by atoms with E-state index < -0.39 is 41.7 Å². The number of benzene rings is 7. The summed E-state index contributed by atoms with van der Waals surface area (Å²) < 4.78 is 20.4. The summed E-state index contributed by atoms with van der Waals surface area (Å²) in [7, 11) is 3.38. The second-order valence-electron chi connectivity index (χ2n) is 28.4. The van der Waals surface area contributed by atoms with E-state index in [1.165, 1.54) is 37.6 Å². The van der Waals surface area contributed by atoms with E-state index in [1.807, 2.05) is 159 Å². The van der Waals surface area contributed by atoms with E-state index in [2.05, 4.69) is 104 Å². The first kappa shape index (κ1) is 85.3. The maximum atomic E-state index is 12.8. The molecule has 17 rings (SSSR count). The molecule has 3 aromatic heterocycles. The van der Waals surface area contributed by atoms with Gasteiger partial charge in [0.2, 0.25) is 23.4 Å². The Balaban J connectivity index is 0.000000146. The van der Waals surface area contributed by atoms with E-state index in [1.54, 1.807) is 59.5 Å². The number of nitrogens with zero attached hydrogens (tertiary/aromatic N) is 5. The number of aromatic nitrogens is 6. The Kier molecular flexibility index (Phi) is 28.6. The van der Waals surface area contributed by atoms with Crippen molar-refractivity contribution in [2.24, 2.45) is 11.5 Å². The van der Waals surface area contributed by atoms with Crippen LogP contribution in [0.15, 0.2) is 219 Å². The fourth-order valence-electron chi connectivity index (χ4n) is 13.9. The topological polar surface area (TPSA) is 374 Å². The molecule has 5 aliphatic carbocycles. The molecule has 5 fully saturated rings. The lowest BCUT2D eigenvalue weighted by Crippen LogP contribution is -2.49. The molecule has 10 N–H and O–H groups in total. The number of halogens is 1. The van der Waals surface area contributed by atoms with Gasteiger partial charge in [-0.05, 0) is 137 Å². The number of carbonyl (C=O) groups is 8. The Morgan fingerprint density at radius 3 is 1.24 bits per heavy atom. The third-order valence-electron chi connectivity index (χ3n) is 21.2. The first-order valence-corrected chi connectivity index (χ1v) is 39.6. The van der Waals surface area contributed by atoms with E-state index in [-0.39, 0.29) is 70.4 Å². The smallest absolute Gasteiger partial charge is 0.374 e. The van der Waals surface area contributed by atoms with Crippen molar-refractivity contribution < 1.29 is 62.4 Å². The number of Topliss-reactive ketones (excluding diaryl/α,β-unsaturated/α-hetero) is 2. The molecule has 5 heterocycles. The van der Waals surface area contributed by atoms with Gasteiger partial charge >= 0.3 is 17.9 Å². The Morgan fingerprint density at radius 1 is 0.522 bits per heavy atom. The summed E-state index contributed by atoms with van der Waals surface area (Å²) in [5.74, 6) is -1.03. The molecule has 26 heteroatoms. The van der Waals surface area contributed by atoms with Gasteiger partial charge in [0.05, 0.1) is 40.7 Å². The number of fused-ring (bicyclic) bond motifs is 2. The van der Waals surface area contributed by atoms with Crippen LogP contribution < -0.4 is 36.1 Å². The fraction of sp³-hybridized carbons (Fsp3) is 0.326. The van der Waals surface area contributed by atoms with Crippen molar-refractivity contribution in [2.45, 2.75) is 138 Å². The molecule has 0 unspecified atom stereocenters. The van der Waals surface area contributed by atoms with Gasteiger partial charge in [-0.1, -0.05) is 206 Å². The van der Waals surface area contributed by atoms with Crippen LogP contribution >= 0.6 is 15.9 Å². The number of carbonyl (C=O) groups excluding carboxylic acids is 7. The molecule has 3 amide bonds. The number of imidazole rings is 3. The van der Waals surface area contributed by atoms with Crippen molar-refractivity contribution in [1.29, 1.82) is 5.41 Å². The number of alkyl halides is 1. The zero-order valence-electron chi connectivity index (χ0n) is 65.7. The maximum absolute atomic E-state index is 12.8. The highest BCUT2D eigenvalue weighted by molar-refractivity contribution is 9.09. The third kappa shape index (κ3) is 20.3. The van der Waals surface area contributed by atoms with Gasteiger partial charge in [0, 0.05) is 66.0 Å². The average molecular weight is 1620 g/mol. The van der Waals surface area contributed by atoms with Crippen molar-refractivity contribution in [3.8, 4) is 11.5 Å². The second-order valence-corrected chi connectivity index (χ2v) is 29.0. The lowest BCUT2D eigenvalue weighted by atomic mass is 9.92. The summed E-state index contributed by atoms with van der Waals surface area (Å²) in [4.78, 5) is 117. The number of hydrogen-bond acceptors (Lipinski definition) is 17. The monoisotopic (exact) mass is 1620 g/mol. The van der Waals surface area contributed by atoms with Crippen molar-refractivity contribution in [3.05, 3.63) is 281 Å². The number of amidine groups is 1. The minimum absolute atomic E-state index is 0.0129. The van der Waals surface area contributed by atoms with Gasteiger partial charge in [-0.15, -0.1) is 0 Å². The number of nitrogens with one attached hydrogen (secondary N) is 5. The molecule has 5 saturated carbocycles. The number of carboxylic acids is 1. The molecule has 2 aliphatic heterocycles. The summed E-state index contributed by atoms with van der Waals surface area (Å²) in [6.45, 7) is 10.1. The van der Waals surface area contributed by atoms with Crippen LogP contribution in [0.2, 0.25) is 0 Å². The second kappa shape index (κ2) is 38.6. The van der Waals surface area contributed by atoms with Crippen LogP contribution in [0, 0.1) is 5.41 Å². The van der Waals surface area contributed by atoms with Crippen LogP contribution in [0.1, 0.15) is 176 Å². The number of anilines is 2. The Morgan fingerprint density at radius 2 is 0.878 bits per heavy atom. The van der Waals surface area contributed by atoms with Crippen LogP contribution in [-0.2, 0) is 60.5 Å². The number of nitrogens with two attached hydrogens (primary N) is 2. The lowest BCUT2D eigenvalue weighted by Gasteiger charge is -2.20. The largest absolute Gasteiger partial charge is 0.489 e. The van der Waals surface area contributed by atoms with E-state index in [9.17, 15) is 38.4 Å². The number of H-pyrrole nitrogens is 3. The van der Waals surface area contributed by atoms with Gasteiger partial charge in [0.15, 0.2) is 11.6 Å². The number of ketones is 2. The average Bonchev–Trinajstić information content (AvgIpc) is 1.60. The molecular weight excluding hydrogens is 1520 g/mol. The summed E-state index contributed by atoms with van der Waals surface area (Å²) in [5.41, 5.74) is 20.4. The molecule has 115 heavy (non-hydrogen) atoms. The quantitative estimate of drug-likeness (QED) is 0.0182. The number of rotatable bonds is 17. The molecule has 7 aliphatic rings. The number of ether oxygens (including phenoxy) is 4. The van der Waals surface area contributed by atoms with Crippen molar-refractivity contribution in [1.82, 2.24) is 35.2 Å². The van der Waals surface area contributed by atoms with Crippen LogP contribution in [0.3, 0.4) is 0 Å². The van der Waals surface area contributed by atoms with Crippen LogP contribution in [0.5, 0.6) is 11.5 Å². The van der Waals surface area contributed by atoms with Gasteiger partial charge in [0.1, 0.15) is 42.6 Å². The number of hydrogen-bond donors (Lipinski definition) is 8. The number of amides is 3. The van der Waals surface area contributed by atoms with E-state index in [0.29, 0.717) is 46.5 Å². The molecule has 25 nitrogen and oxygen atoms in total. The normalized spacial score (nSPS) is 17.4. The minimum atomic E-state index is -1.01. The molecule has 2 atom stereocenters. The maximum Gasteiger partial charge on any atom is 0.374 e. The predicted octanol–water partition coefficient (Wildman–Crippen LogP) is 13.4. The summed E-state index contributed by atoms with van der Waals surface area (Å²) in [5, 5.41) is 18.6. The molecule has 600 valence electrons. The van der Waals surface area contributed by atoms with E-state index in [0.717, 1.165) is 87.0 Å². The predicted molar refractivity (Wildman–Crippen MR) is 442 cm³/mol. The highest BCUT2D eigenvalue weighted by atomic mass is 79.9. The summed E-state index contributed by atoms with van der Waals surface area (Å²) >= 11 is 3.24. The van der Waals surface area contributed by atoms with Gasteiger partial charge in [-0.25, -0.2) is 29.3 Å². The van der Waals surface area contributed by atoms with Crippen molar-refractivity contribution in [2.75, 3.05) is 55.7 Å². The molecule has 7 aromatic carbocycles. The molecule has 0 bridgehead atoms. The van der Waals surface area contributed by atoms with Gasteiger partial charge < -0.3 is 65.6 Å². The highest BCUT2D eigenvalue weighted by Gasteiger charge is 2.52. The van der Waals surface area contributed by atoms with Crippen LogP contribution in [-0.4, -0.2) is 146 Å². The molecule has 0 saturated heterocycles. The van der Waals surface area contributed by atoms with Gasteiger partial charge in [-0.2, -0.15) is 0 Å². The van der Waals surface area contributed by atoms with Gasteiger partial charge in [-0.3, -0.25) is 29.4 Å². The number of esters is 2. The number of carboxylic acid groups (broad SMARTS) is 1. The minimum Gasteiger partial charge on any atom is -0.489 e. The van der Waals surface area contributed by atoms with Gasteiger partial charge in [0.25, 0.3) is 11.8 Å². The van der Waals surface area contributed by atoms with Crippen LogP contribution in [0.4, 0.5) is 11.4 Å². The van der Waals surface area contributed by atoms with E-state index >= 15 is 0 Å². The third-order valence-corrected chi connectivity index (χ3v) is 21.7. The Labute approximate surface area is 677 Å². The molecular formula is C89H99BrN12O13. The summed E-state index contributed by atoms with van der Waals surface area (Å²) in [6, 6.07) is 64.2. The highest BCUT2D eigenvalue weighted by Crippen LogP contribution is 2.55. The zero-order chi connectivity index (χ0) is 82.5. The fourth-order valence-corrected chi connectivity index (χ4v) is 14.5. The molecule has 0 spiro atoms. The Bertz CT molecular complexity index is 4980.